The zero-order valence-corrected chi connectivity index (χ0v) is 11.2. The van der Waals surface area contributed by atoms with Crippen LogP contribution in [0.5, 0.6) is 0 Å². The molecule has 1 aliphatic heterocycles. The van der Waals surface area contributed by atoms with Crippen LogP contribution in [-0.4, -0.2) is 55.7 Å². The first kappa shape index (κ1) is 16.2. The second-order valence-corrected chi connectivity index (χ2v) is 4.92. The summed E-state index contributed by atoms with van der Waals surface area (Å²) < 4.78 is 35.9. The minimum Gasteiger partial charge on any atom is -0.346 e. The van der Waals surface area contributed by atoms with Gasteiger partial charge in [0.05, 0.1) is 6.54 Å². The quantitative estimate of drug-likeness (QED) is 0.767. The molecule has 0 aromatic heterocycles. The molecule has 7 heteroatoms. The fourth-order valence-electron chi connectivity index (χ4n) is 2.17. The molecule has 112 valence electrons. The maximum atomic E-state index is 12.0. The summed E-state index contributed by atoms with van der Waals surface area (Å²) in [6, 6.07) is 0.337. The van der Waals surface area contributed by atoms with Gasteiger partial charge < -0.3 is 10.6 Å². The van der Waals surface area contributed by atoms with Crippen molar-refractivity contribution in [2.45, 2.75) is 38.4 Å². The number of nitrogens with zero attached hydrogens (tertiary/aromatic N) is 1. The molecule has 0 aromatic carbocycles. The lowest BCUT2D eigenvalue weighted by Crippen LogP contribution is -2.49. The smallest absolute Gasteiger partial charge is 0.346 e. The number of hydrogen-bond donors (Lipinski definition) is 2. The molecule has 1 saturated heterocycles. The molecule has 1 unspecified atom stereocenters. The first-order valence-electron chi connectivity index (χ1n) is 6.70. The third kappa shape index (κ3) is 7.37. The molecule has 2 N–H and O–H groups in total. The molecular formula is C12H22F3N3O. The van der Waals surface area contributed by atoms with Crippen molar-refractivity contribution in [3.05, 3.63) is 0 Å². The summed E-state index contributed by atoms with van der Waals surface area (Å²) in [5.41, 5.74) is 0. The van der Waals surface area contributed by atoms with E-state index in [1.54, 1.807) is 0 Å². The molecule has 1 aliphatic rings. The van der Waals surface area contributed by atoms with E-state index < -0.39 is 18.6 Å². The molecule has 0 aromatic rings. The van der Waals surface area contributed by atoms with Crippen LogP contribution < -0.4 is 10.6 Å². The Balaban J connectivity index is 2.25. The van der Waals surface area contributed by atoms with Crippen LogP contribution >= 0.6 is 0 Å². The molecular weight excluding hydrogens is 259 g/mol. The highest BCUT2D eigenvalue weighted by atomic mass is 19.4. The molecule has 1 heterocycles. The van der Waals surface area contributed by atoms with Gasteiger partial charge in [-0.05, 0) is 32.4 Å². The largest absolute Gasteiger partial charge is 0.405 e. The summed E-state index contributed by atoms with van der Waals surface area (Å²) in [7, 11) is 0. The van der Waals surface area contributed by atoms with Crippen LogP contribution in [0, 0.1) is 0 Å². The Bertz CT molecular complexity index is 284. The van der Waals surface area contributed by atoms with Crippen molar-refractivity contribution < 1.29 is 18.0 Å². The van der Waals surface area contributed by atoms with Crippen molar-refractivity contribution in [2.24, 2.45) is 0 Å². The summed E-state index contributed by atoms with van der Waals surface area (Å²) in [6.45, 7) is 3.29. The molecule has 19 heavy (non-hydrogen) atoms. The Hall–Kier alpha value is -0.820. The van der Waals surface area contributed by atoms with Crippen molar-refractivity contribution in [1.29, 1.82) is 0 Å². The van der Waals surface area contributed by atoms with Crippen LogP contribution in [-0.2, 0) is 4.79 Å². The van der Waals surface area contributed by atoms with Crippen molar-refractivity contribution in [2.75, 3.05) is 32.7 Å². The Morgan fingerprint density at radius 2 is 2.16 bits per heavy atom. The molecule has 1 amide bonds. The normalized spacial score (nSPS) is 21.4. The number of halogens is 3. The van der Waals surface area contributed by atoms with E-state index >= 15 is 0 Å². The molecule has 1 fully saturated rings. The monoisotopic (exact) mass is 281 g/mol. The van der Waals surface area contributed by atoms with Gasteiger partial charge in [-0.2, -0.15) is 13.2 Å². The number of piperidine rings is 1. The lowest BCUT2D eigenvalue weighted by molar-refractivity contribution is -0.139. The molecule has 1 rings (SSSR count). The van der Waals surface area contributed by atoms with Gasteiger partial charge in [-0.25, -0.2) is 0 Å². The molecule has 0 bridgehead atoms. The summed E-state index contributed by atoms with van der Waals surface area (Å²) in [6.07, 6.45) is -1.28. The van der Waals surface area contributed by atoms with Crippen LogP contribution in [0.15, 0.2) is 0 Å². The molecule has 0 aliphatic carbocycles. The number of carbonyl (C=O) groups is 1. The van der Waals surface area contributed by atoms with E-state index in [4.69, 9.17) is 0 Å². The highest BCUT2D eigenvalue weighted by molar-refractivity contribution is 5.78. The fraction of sp³-hybridized carbons (Fsp3) is 0.917. The summed E-state index contributed by atoms with van der Waals surface area (Å²) in [5, 5.41) is 5.28. The van der Waals surface area contributed by atoms with Gasteiger partial charge in [0.2, 0.25) is 5.91 Å². The summed E-state index contributed by atoms with van der Waals surface area (Å²) in [4.78, 5) is 13.3. The predicted octanol–water partition coefficient (Wildman–Crippen LogP) is 1.13. The van der Waals surface area contributed by atoms with Gasteiger partial charge >= 0.3 is 6.18 Å². The van der Waals surface area contributed by atoms with Crippen molar-refractivity contribution >= 4 is 5.91 Å². The van der Waals surface area contributed by atoms with Gasteiger partial charge in [0.1, 0.15) is 6.54 Å². The Labute approximate surface area is 111 Å². The Morgan fingerprint density at radius 1 is 1.42 bits per heavy atom. The minimum absolute atomic E-state index is 0.0420. The van der Waals surface area contributed by atoms with Crippen molar-refractivity contribution in [1.82, 2.24) is 15.5 Å². The summed E-state index contributed by atoms with van der Waals surface area (Å²) in [5.74, 6) is -0.562. The van der Waals surface area contributed by atoms with Crippen molar-refractivity contribution in [3.63, 3.8) is 0 Å². The first-order chi connectivity index (χ1) is 8.90. The van der Waals surface area contributed by atoms with Gasteiger partial charge in [0.15, 0.2) is 0 Å². The number of rotatable bonds is 6. The average molecular weight is 281 g/mol. The zero-order chi connectivity index (χ0) is 14.3. The van der Waals surface area contributed by atoms with Gasteiger partial charge in [0.25, 0.3) is 0 Å². The number of amides is 1. The SMILES string of the molecule is CCCNC1CCCN(CC(=O)NCC(F)(F)F)C1. The number of nitrogens with one attached hydrogen (secondary N) is 2. The Morgan fingerprint density at radius 3 is 2.79 bits per heavy atom. The molecule has 1 atom stereocenters. The minimum atomic E-state index is -4.34. The second kappa shape index (κ2) is 7.69. The van der Waals surface area contributed by atoms with E-state index in [9.17, 15) is 18.0 Å². The van der Waals surface area contributed by atoms with E-state index in [-0.39, 0.29) is 6.54 Å². The lowest BCUT2D eigenvalue weighted by Gasteiger charge is -2.32. The highest BCUT2D eigenvalue weighted by Crippen LogP contribution is 2.12. The summed E-state index contributed by atoms with van der Waals surface area (Å²) >= 11 is 0. The van der Waals surface area contributed by atoms with Crippen LogP contribution in [0.1, 0.15) is 26.2 Å². The maximum Gasteiger partial charge on any atom is 0.405 e. The van der Waals surface area contributed by atoms with Gasteiger partial charge in [-0.1, -0.05) is 6.92 Å². The van der Waals surface area contributed by atoms with Crippen molar-refractivity contribution in [3.8, 4) is 0 Å². The standard InChI is InChI=1S/C12H22F3N3O/c1-2-5-16-10-4-3-6-18(7-10)8-11(19)17-9-12(13,14)15/h10,16H,2-9H2,1H3,(H,17,19). The van der Waals surface area contributed by atoms with Crippen LogP contribution in [0.2, 0.25) is 0 Å². The zero-order valence-electron chi connectivity index (χ0n) is 11.2. The van der Waals surface area contributed by atoms with E-state index in [2.05, 4.69) is 12.2 Å². The third-order valence-electron chi connectivity index (χ3n) is 3.04. The highest BCUT2D eigenvalue weighted by Gasteiger charge is 2.28. The van der Waals surface area contributed by atoms with E-state index in [0.717, 1.165) is 38.9 Å². The number of carbonyl (C=O) groups excluding carboxylic acids is 1. The topological polar surface area (TPSA) is 44.4 Å². The van der Waals surface area contributed by atoms with E-state index in [1.807, 2.05) is 10.2 Å². The fourth-order valence-corrected chi connectivity index (χ4v) is 2.17. The van der Waals surface area contributed by atoms with Gasteiger partial charge in [0, 0.05) is 12.6 Å². The first-order valence-corrected chi connectivity index (χ1v) is 6.70. The lowest BCUT2D eigenvalue weighted by atomic mass is 10.1. The average Bonchev–Trinajstić information content (AvgIpc) is 2.33. The molecule has 0 radical (unpaired) electrons. The van der Waals surface area contributed by atoms with Crippen LogP contribution in [0.3, 0.4) is 0 Å². The second-order valence-electron chi connectivity index (χ2n) is 4.92. The number of hydrogen-bond acceptors (Lipinski definition) is 3. The number of likely N-dealkylation sites (tertiary alicyclic amines) is 1. The maximum absolute atomic E-state index is 12.0. The van der Waals surface area contributed by atoms with Gasteiger partial charge in [-0.15, -0.1) is 0 Å². The third-order valence-corrected chi connectivity index (χ3v) is 3.04. The predicted molar refractivity (Wildman–Crippen MR) is 66.8 cm³/mol. The molecule has 0 saturated carbocycles. The van der Waals surface area contributed by atoms with Crippen LogP contribution in [0.4, 0.5) is 13.2 Å². The van der Waals surface area contributed by atoms with E-state index in [1.165, 1.54) is 0 Å². The number of alkyl halides is 3. The molecule has 4 nitrogen and oxygen atoms in total. The van der Waals surface area contributed by atoms with Crippen LogP contribution in [0.25, 0.3) is 0 Å². The van der Waals surface area contributed by atoms with E-state index in [0.29, 0.717) is 6.04 Å². The molecule has 0 spiro atoms. The van der Waals surface area contributed by atoms with Gasteiger partial charge in [-0.3, -0.25) is 9.69 Å². The Kier molecular flexibility index (Phi) is 6.57.